The van der Waals surface area contributed by atoms with Gasteiger partial charge >= 0.3 is 5.97 Å². The maximum Gasteiger partial charge on any atom is 0.335 e. The Bertz CT molecular complexity index is 226. The lowest BCUT2D eigenvalue weighted by atomic mass is 9.83. The Hall–Kier alpha value is -0.610. The highest BCUT2D eigenvalue weighted by Gasteiger charge is 2.34. The molecule has 0 rings (SSSR count). The first-order valence-corrected chi connectivity index (χ1v) is 5.68. The van der Waals surface area contributed by atoms with Crippen LogP contribution in [0, 0.1) is 5.41 Å². The minimum atomic E-state index is -1.06. The van der Waals surface area contributed by atoms with E-state index in [4.69, 9.17) is 0 Å². The van der Waals surface area contributed by atoms with Crippen molar-refractivity contribution in [3.8, 4) is 0 Å². The van der Waals surface area contributed by atoms with E-state index in [-0.39, 0.29) is 0 Å². The summed E-state index contributed by atoms with van der Waals surface area (Å²) in [4.78, 5) is 13.4. The van der Waals surface area contributed by atoms with Crippen molar-refractivity contribution < 1.29 is 14.6 Å². The van der Waals surface area contributed by atoms with Gasteiger partial charge in [-0.1, -0.05) is 13.8 Å². The summed E-state index contributed by atoms with van der Waals surface area (Å²) in [7, 11) is 3.33. The molecule has 1 atom stereocenters. The molecule has 0 aliphatic heterocycles. The van der Waals surface area contributed by atoms with E-state index in [0.717, 1.165) is 13.0 Å². The molecule has 1 unspecified atom stereocenters. The van der Waals surface area contributed by atoms with Gasteiger partial charge in [0.2, 0.25) is 0 Å². The molecule has 0 aromatic heterocycles. The topological polar surface area (TPSA) is 49.8 Å². The normalized spacial score (nSPS) is 14.3. The summed E-state index contributed by atoms with van der Waals surface area (Å²) in [6.45, 7) is 8.83. The van der Waals surface area contributed by atoms with Crippen molar-refractivity contribution in [1.29, 1.82) is 0 Å². The zero-order valence-corrected chi connectivity index (χ0v) is 11.3. The summed E-state index contributed by atoms with van der Waals surface area (Å²) in [5.41, 5.74) is -0.462. The molecule has 0 aromatic rings. The van der Waals surface area contributed by atoms with Crippen LogP contribution in [-0.2, 0) is 9.53 Å². The molecule has 0 amide bonds. The third-order valence-electron chi connectivity index (χ3n) is 3.16. The summed E-state index contributed by atoms with van der Waals surface area (Å²) >= 11 is 0. The number of hydrogen-bond donors (Lipinski definition) is 1. The average molecular weight is 231 g/mol. The molecule has 0 aliphatic rings. The van der Waals surface area contributed by atoms with Crippen LogP contribution >= 0.6 is 0 Å². The average Bonchev–Trinajstić information content (AvgIpc) is 2.23. The van der Waals surface area contributed by atoms with Crippen LogP contribution in [-0.4, -0.2) is 48.8 Å². The third kappa shape index (κ3) is 4.49. The molecule has 0 heterocycles. The van der Waals surface area contributed by atoms with Crippen molar-refractivity contribution in [3.05, 3.63) is 0 Å². The van der Waals surface area contributed by atoms with Crippen LogP contribution in [0.5, 0.6) is 0 Å². The summed E-state index contributed by atoms with van der Waals surface area (Å²) in [5, 5.41) is 9.80. The second-order valence-corrected chi connectivity index (χ2v) is 5.24. The molecule has 16 heavy (non-hydrogen) atoms. The molecule has 0 spiro atoms. The van der Waals surface area contributed by atoms with Gasteiger partial charge in [0.05, 0.1) is 7.11 Å². The van der Waals surface area contributed by atoms with Gasteiger partial charge in [-0.2, -0.15) is 0 Å². The fraction of sp³-hybridized carbons (Fsp3) is 0.917. The van der Waals surface area contributed by atoms with Gasteiger partial charge in [0, 0.05) is 11.5 Å². The number of hydrogen-bond acceptors (Lipinski definition) is 4. The molecule has 0 bridgehead atoms. The van der Waals surface area contributed by atoms with Gasteiger partial charge < -0.3 is 14.7 Å². The summed E-state index contributed by atoms with van der Waals surface area (Å²) in [6.07, 6.45) is -0.309. The number of nitrogens with zero attached hydrogens (tertiary/aromatic N) is 1. The Kier molecular flexibility index (Phi) is 5.97. The number of aliphatic hydroxyl groups excluding tert-OH is 1. The van der Waals surface area contributed by atoms with Gasteiger partial charge in [-0.05, 0) is 33.9 Å². The van der Waals surface area contributed by atoms with Gasteiger partial charge in [0.25, 0.3) is 0 Å². The molecule has 4 heteroatoms. The highest BCUT2D eigenvalue weighted by molar-refractivity contribution is 5.75. The molecule has 0 aromatic carbocycles. The van der Waals surface area contributed by atoms with E-state index in [1.54, 1.807) is 0 Å². The first-order valence-electron chi connectivity index (χ1n) is 5.68. The predicted molar refractivity (Wildman–Crippen MR) is 64.2 cm³/mol. The lowest BCUT2D eigenvalue weighted by Crippen LogP contribution is -2.40. The first kappa shape index (κ1) is 15.4. The van der Waals surface area contributed by atoms with Gasteiger partial charge in [0.1, 0.15) is 0 Å². The number of rotatable bonds is 6. The smallest absolute Gasteiger partial charge is 0.335 e. The highest BCUT2D eigenvalue weighted by Crippen LogP contribution is 2.26. The van der Waals surface area contributed by atoms with Crippen LogP contribution in [0.2, 0.25) is 0 Å². The van der Waals surface area contributed by atoms with Crippen molar-refractivity contribution in [2.24, 2.45) is 5.41 Å². The molecule has 0 radical (unpaired) electrons. The van der Waals surface area contributed by atoms with Crippen molar-refractivity contribution in [1.82, 2.24) is 4.90 Å². The highest BCUT2D eigenvalue weighted by atomic mass is 16.5. The largest absolute Gasteiger partial charge is 0.467 e. The Morgan fingerprint density at radius 3 is 2.31 bits per heavy atom. The van der Waals surface area contributed by atoms with E-state index in [9.17, 15) is 9.90 Å². The first-order chi connectivity index (χ1) is 7.22. The van der Waals surface area contributed by atoms with Crippen LogP contribution in [0.15, 0.2) is 0 Å². The second-order valence-electron chi connectivity index (χ2n) is 5.24. The fourth-order valence-corrected chi connectivity index (χ4v) is 1.29. The van der Waals surface area contributed by atoms with Crippen LogP contribution in [0.4, 0.5) is 0 Å². The number of aliphatic hydroxyl groups is 1. The van der Waals surface area contributed by atoms with Crippen LogP contribution < -0.4 is 0 Å². The van der Waals surface area contributed by atoms with Gasteiger partial charge in [-0.25, -0.2) is 4.79 Å². The van der Waals surface area contributed by atoms with E-state index in [0.29, 0.717) is 6.04 Å². The minimum absolute atomic E-state index is 0.462. The van der Waals surface area contributed by atoms with E-state index in [2.05, 4.69) is 23.5 Å². The number of carbonyl (C=O) groups excluding carboxylic acids is 1. The van der Waals surface area contributed by atoms with Crippen molar-refractivity contribution in [3.63, 3.8) is 0 Å². The maximum absolute atomic E-state index is 11.3. The number of carbonyl (C=O) groups is 1. The summed E-state index contributed by atoms with van der Waals surface area (Å²) in [6, 6.07) is 0.464. The van der Waals surface area contributed by atoms with E-state index >= 15 is 0 Å². The van der Waals surface area contributed by atoms with Crippen LogP contribution in [0.3, 0.4) is 0 Å². The van der Waals surface area contributed by atoms with E-state index < -0.39 is 17.5 Å². The van der Waals surface area contributed by atoms with Crippen molar-refractivity contribution >= 4 is 5.97 Å². The molecule has 0 fully saturated rings. The molecule has 0 saturated carbocycles. The SMILES string of the molecule is COC(=O)C(O)C(C)(C)CCN(C)C(C)C. The summed E-state index contributed by atoms with van der Waals surface area (Å²) < 4.78 is 4.55. The number of esters is 1. The Balaban J connectivity index is 4.29. The Morgan fingerprint density at radius 2 is 1.94 bits per heavy atom. The fourth-order valence-electron chi connectivity index (χ4n) is 1.29. The second kappa shape index (κ2) is 6.21. The minimum Gasteiger partial charge on any atom is -0.467 e. The lowest BCUT2D eigenvalue weighted by Gasteiger charge is -2.31. The Labute approximate surface area is 98.6 Å². The molecule has 0 saturated heterocycles. The molecular weight excluding hydrogens is 206 g/mol. The number of methoxy groups -OCH3 is 1. The van der Waals surface area contributed by atoms with E-state index in [1.807, 2.05) is 20.9 Å². The molecule has 4 nitrogen and oxygen atoms in total. The third-order valence-corrected chi connectivity index (χ3v) is 3.16. The molecule has 0 aliphatic carbocycles. The van der Waals surface area contributed by atoms with Crippen LogP contribution in [0.25, 0.3) is 0 Å². The maximum atomic E-state index is 11.3. The standard InChI is InChI=1S/C12H25NO3/c1-9(2)13(5)8-7-12(3,4)10(14)11(15)16-6/h9-10,14H,7-8H2,1-6H3. The van der Waals surface area contributed by atoms with Gasteiger partial charge in [-0.3, -0.25) is 0 Å². The zero-order valence-electron chi connectivity index (χ0n) is 11.3. The number of ether oxygens (including phenoxy) is 1. The van der Waals surface area contributed by atoms with Crippen LogP contribution in [0.1, 0.15) is 34.1 Å². The molecule has 1 N–H and O–H groups in total. The van der Waals surface area contributed by atoms with Crippen molar-refractivity contribution in [2.45, 2.75) is 46.3 Å². The zero-order chi connectivity index (χ0) is 12.9. The lowest BCUT2D eigenvalue weighted by molar-refractivity contribution is -0.157. The Morgan fingerprint density at radius 1 is 1.44 bits per heavy atom. The summed E-state index contributed by atoms with van der Waals surface area (Å²) in [5.74, 6) is -0.558. The van der Waals surface area contributed by atoms with E-state index in [1.165, 1.54) is 7.11 Å². The monoisotopic (exact) mass is 231 g/mol. The molecular formula is C12H25NO3. The quantitative estimate of drug-likeness (QED) is 0.700. The van der Waals surface area contributed by atoms with Gasteiger partial charge in [0.15, 0.2) is 6.10 Å². The van der Waals surface area contributed by atoms with Gasteiger partial charge in [-0.15, -0.1) is 0 Å². The van der Waals surface area contributed by atoms with Crippen molar-refractivity contribution in [2.75, 3.05) is 20.7 Å². The molecule has 96 valence electrons. The predicted octanol–water partition coefficient (Wildman–Crippen LogP) is 1.28.